The molecule has 0 atom stereocenters. The summed E-state index contributed by atoms with van der Waals surface area (Å²) in [4.78, 5) is 27.2. The topological polar surface area (TPSA) is 58.6 Å². The largest absolute Gasteiger partial charge is 0.490 e. The van der Waals surface area contributed by atoms with E-state index in [0.29, 0.717) is 39.4 Å². The molecule has 0 spiro atoms. The van der Waals surface area contributed by atoms with Gasteiger partial charge in [-0.2, -0.15) is 0 Å². The molecule has 2 aliphatic rings. The summed E-state index contributed by atoms with van der Waals surface area (Å²) in [5.41, 5.74) is 3.19. The molecule has 0 saturated carbocycles. The molecule has 7 heteroatoms. The second kappa shape index (κ2) is 7.17. The van der Waals surface area contributed by atoms with Gasteiger partial charge in [0.1, 0.15) is 16.7 Å². The van der Waals surface area contributed by atoms with Crippen LogP contribution in [0.15, 0.2) is 47.4 Å². The van der Waals surface area contributed by atoms with E-state index in [1.807, 2.05) is 49.4 Å². The van der Waals surface area contributed by atoms with Gasteiger partial charge in [0.25, 0.3) is 11.8 Å². The number of fused-ring (bicyclic) bond motifs is 1. The van der Waals surface area contributed by atoms with Gasteiger partial charge in [-0.1, -0.05) is 47.7 Å². The predicted octanol–water partition coefficient (Wildman–Crippen LogP) is 3.52. The van der Waals surface area contributed by atoms with Crippen molar-refractivity contribution in [3.8, 4) is 5.75 Å². The average molecular weight is 396 g/mol. The van der Waals surface area contributed by atoms with E-state index in [9.17, 15) is 9.59 Å². The first-order chi connectivity index (χ1) is 13.0. The number of nitrogens with one attached hydrogen (secondary N) is 1. The Hall–Kier alpha value is -2.64. The first-order valence-corrected chi connectivity index (χ1v) is 9.64. The number of aryl methyl sites for hydroxylation is 1. The number of benzene rings is 2. The van der Waals surface area contributed by atoms with Crippen molar-refractivity contribution < 1.29 is 14.3 Å². The molecule has 0 bridgehead atoms. The molecular weight excluding hydrogens is 380 g/mol. The van der Waals surface area contributed by atoms with Crippen molar-refractivity contribution in [2.24, 2.45) is 0 Å². The fourth-order valence-electron chi connectivity index (χ4n) is 3.04. The van der Waals surface area contributed by atoms with Gasteiger partial charge in [0.05, 0.1) is 17.1 Å². The molecule has 2 aromatic rings. The number of thiocarbonyl (C=S) groups is 1. The van der Waals surface area contributed by atoms with Crippen LogP contribution >= 0.6 is 24.0 Å². The van der Waals surface area contributed by atoms with E-state index in [-0.39, 0.29) is 11.8 Å². The third kappa shape index (κ3) is 3.61. The molecule has 0 aliphatic carbocycles. The van der Waals surface area contributed by atoms with Gasteiger partial charge in [-0.3, -0.25) is 9.59 Å². The number of thioether (sulfide) groups is 1. The van der Waals surface area contributed by atoms with Crippen LogP contribution in [0.4, 0.5) is 5.69 Å². The zero-order valence-corrected chi connectivity index (χ0v) is 16.2. The third-order valence-electron chi connectivity index (χ3n) is 4.30. The van der Waals surface area contributed by atoms with Gasteiger partial charge in [-0.05, 0) is 42.8 Å². The second-order valence-electron chi connectivity index (χ2n) is 6.25. The van der Waals surface area contributed by atoms with Gasteiger partial charge in [0.2, 0.25) is 0 Å². The third-order valence-corrected chi connectivity index (χ3v) is 5.46. The highest BCUT2D eigenvalue weighted by Crippen LogP contribution is 2.35. The van der Waals surface area contributed by atoms with Crippen molar-refractivity contribution in [1.29, 1.82) is 0 Å². The lowest BCUT2D eigenvalue weighted by Gasteiger charge is -2.30. The van der Waals surface area contributed by atoms with Crippen LogP contribution in [0.2, 0.25) is 0 Å². The Morgan fingerprint density at radius 2 is 2.15 bits per heavy atom. The van der Waals surface area contributed by atoms with Crippen molar-refractivity contribution >= 4 is 51.9 Å². The Labute approximate surface area is 166 Å². The van der Waals surface area contributed by atoms with E-state index in [1.165, 1.54) is 11.8 Å². The minimum atomic E-state index is -0.202. The highest BCUT2D eigenvalue weighted by Gasteiger charge is 2.26. The number of hydrogen-bond donors (Lipinski definition) is 1. The molecule has 0 aromatic heterocycles. The number of carbonyl (C=O) groups is 2. The van der Waals surface area contributed by atoms with E-state index in [1.54, 1.807) is 11.0 Å². The summed E-state index contributed by atoms with van der Waals surface area (Å²) in [5.74, 6) is 0.386. The molecular formula is C20H16N2O3S2. The predicted molar refractivity (Wildman–Crippen MR) is 111 cm³/mol. The molecule has 2 amide bonds. The zero-order chi connectivity index (χ0) is 19.0. The number of ether oxygens (including phenoxy) is 1. The summed E-state index contributed by atoms with van der Waals surface area (Å²) in [5, 5.41) is 2.60. The summed E-state index contributed by atoms with van der Waals surface area (Å²) in [6.07, 6.45) is 1.77. The molecule has 2 aliphatic heterocycles. The van der Waals surface area contributed by atoms with E-state index in [0.717, 1.165) is 11.1 Å². The van der Waals surface area contributed by atoms with Crippen LogP contribution in [0.5, 0.6) is 5.75 Å². The zero-order valence-electron chi connectivity index (χ0n) is 14.5. The van der Waals surface area contributed by atoms with Crippen LogP contribution in [-0.4, -0.2) is 29.3 Å². The Kier molecular flexibility index (Phi) is 4.72. The highest BCUT2D eigenvalue weighted by atomic mass is 32.2. The quantitative estimate of drug-likeness (QED) is 0.622. The van der Waals surface area contributed by atoms with E-state index in [4.69, 9.17) is 17.0 Å². The number of amides is 2. The van der Waals surface area contributed by atoms with Crippen molar-refractivity contribution in [1.82, 2.24) is 5.32 Å². The Bertz CT molecular complexity index is 1000. The normalized spacial score (nSPS) is 17.5. The first-order valence-electron chi connectivity index (χ1n) is 8.41. The van der Waals surface area contributed by atoms with Gasteiger partial charge < -0.3 is 15.0 Å². The van der Waals surface area contributed by atoms with E-state index >= 15 is 0 Å². The van der Waals surface area contributed by atoms with E-state index < -0.39 is 0 Å². The fraction of sp³-hybridized carbons (Fsp3) is 0.150. The lowest BCUT2D eigenvalue weighted by atomic mass is 10.1. The average Bonchev–Trinajstić information content (AvgIpc) is 2.97. The molecule has 2 heterocycles. The smallest absolute Gasteiger partial charge is 0.263 e. The standard InChI is InChI=1S/C20H16N2O3S2/c1-12-3-2-4-14(9-12)19(24)22-7-8-25-16-6-5-13(10-15(16)22)11-17-18(23)21-20(26)27-17/h2-6,9-11H,7-8H2,1H3,(H,21,23,26). The summed E-state index contributed by atoms with van der Waals surface area (Å²) in [7, 11) is 0. The van der Waals surface area contributed by atoms with Crippen LogP contribution in [0, 0.1) is 6.92 Å². The van der Waals surface area contributed by atoms with Crippen molar-refractivity contribution in [3.63, 3.8) is 0 Å². The van der Waals surface area contributed by atoms with Crippen LogP contribution < -0.4 is 15.0 Å². The first kappa shape index (κ1) is 17.8. The fourth-order valence-corrected chi connectivity index (χ4v) is 4.09. The van der Waals surface area contributed by atoms with Gasteiger partial charge in [-0.15, -0.1) is 0 Å². The lowest BCUT2D eigenvalue weighted by molar-refractivity contribution is -0.115. The molecule has 1 fully saturated rings. The molecule has 0 radical (unpaired) electrons. The molecule has 1 N–H and O–H groups in total. The lowest BCUT2D eigenvalue weighted by Crippen LogP contribution is -2.38. The van der Waals surface area contributed by atoms with Gasteiger partial charge in [-0.25, -0.2) is 0 Å². The molecule has 5 nitrogen and oxygen atoms in total. The SMILES string of the molecule is Cc1cccc(C(=O)N2CCOc3ccc(C=C4SC(=S)NC4=O)cc32)c1. The van der Waals surface area contributed by atoms with Crippen molar-refractivity contribution in [2.75, 3.05) is 18.1 Å². The molecule has 0 unspecified atom stereocenters. The number of carbonyl (C=O) groups excluding carboxylic acids is 2. The Morgan fingerprint density at radius 1 is 1.30 bits per heavy atom. The number of hydrogen-bond acceptors (Lipinski definition) is 5. The Balaban J connectivity index is 1.69. The van der Waals surface area contributed by atoms with Crippen LogP contribution in [0.3, 0.4) is 0 Å². The maximum Gasteiger partial charge on any atom is 0.263 e. The number of anilines is 1. The summed E-state index contributed by atoms with van der Waals surface area (Å²) < 4.78 is 6.15. The minimum Gasteiger partial charge on any atom is -0.490 e. The molecule has 2 aromatic carbocycles. The molecule has 136 valence electrons. The van der Waals surface area contributed by atoms with Crippen molar-refractivity contribution in [2.45, 2.75) is 6.92 Å². The minimum absolute atomic E-state index is 0.0674. The summed E-state index contributed by atoms with van der Waals surface area (Å²) in [6, 6.07) is 13.1. The monoisotopic (exact) mass is 396 g/mol. The molecule has 1 saturated heterocycles. The van der Waals surface area contributed by atoms with Crippen LogP contribution in [0.1, 0.15) is 21.5 Å². The molecule has 4 rings (SSSR count). The van der Waals surface area contributed by atoms with Crippen LogP contribution in [0.25, 0.3) is 6.08 Å². The summed E-state index contributed by atoms with van der Waals surface area (Å²) in [6.45, 7) is 2.87. The second-order valence-corrected chi connectivity index (χ2v) is 7.97. The van der Waals surface area contributed by atoms with Gasteiger partial charge >= 0.3 is 0 Å². The van der Waals surface area contributed by atoms with Crippen LogP contribution in [-0.2, 0) is 4.79 Å². The summed E-state index contributed by atoms with van der Waals surface area (Å²) >= 11 is 6.25. The highest BCUT2D eigenvalue weighted by molar-refractivity contribution is 8.26. The van der Waals surface area contributed by atoms with Gasteiger partial charge in [0.15, 0.2) is 0 Å². The number of nitrogens with zero attached hydrogens (tertiary/aromatic N) is 1. The maximum absolute atomic E-state index is 13.0. The number of rotatable bonds is 2. The maximum atomic E-state index is 13.0. The van der Waals surface area contributed by atoms with Gasteiger partial charge in [0, 0.05) is 5.56 Å². The molecule has 27 heavy (non-hydrogen) atoms. The van der Waals surface area contributed by atoms with Crippen molar-refractivity contribution in [3.05, 3.63) is 64.1 Å². The Morgan fingerprint density at radius 3 is 2.89 bits per heavy atom. The van der Waals surface area contributed by atoms with E-state index in [2.05, 4.69) is 5.32 Å².